The summed E-state index contributed by atoms with van der Waals surface area (Å²) < 4.78 is 5.26. The second-order valence-electron chi connectivity index (χ2n) is 6.42. The minimum atomic E-state index is -0.926. The number of aliphatic hydroxyl groups excluding tert-OH is 1. The lowest BCUT2D eigenvalue weighted by molar-refractivity contribution is -0.154. The van der Waals surface area contributed by atoms with E-state index in [-0.39, 0.29) is 18.9 Å². The smallest absolute Gasteiger partial charge is 0.310 e. The lowest BCUT2D eigenvalue weighted by Crippen LogP contribution is -2.55. The van der Waals surface area contributed by atoms with E-state index in [1.807, 2.05) is 0 Å². The highest BCUT2D eigenvalue weighted by atomic mass is 16.5. The molecule has 2 fully saturated rings. The summed E-state index contributed by atoms with van der Waals surface area (Å²) in [6.45, 7) is 0.873. The first-order valence-corrected chi connectivity index (χ1v) is 7.75. The summed E-state index contributed by atoms with van der Waals surface area (Å²) >= 11 is 0. The maximum atomic E-state index is 12.3. The summed E-state index contributed by atoms with van der Waals surface area (Å²) in [7, 11) is 0. The molecule has 3 N–H and O–H groups in total. The highest BCUT2D eigenvalue weighted by molar-refractivity contribution is 5.85. The number of carbonyl (C=O) groups excluding carboxylic acids is 1. The highest BCUT2D eigenvalue weighted by Crippen LogP contribution is 2.39. The first kappa shape index (κ1) is 16.2. The fourth-order valence-corrected chi connectivity index (χ4v) is 3.43. The molecule has 1 aliphatic carbocycles. The molecule has 1 heterocycles. The summed E-state index contributed by atoms with van der Waals surface area (Å²) in [5.41, 5.74) is -1.58. The van der Waals surface area contributed by atoms with Crippen LogP contribution < -0.4 is 5.32 Å². The molecule has 0 aromatic rings. The van der Waals surface area contributed by atoms with Gasteiger partial charge in [-0.05, 0) is 25.7 Å². The summed E-state index contributed by atoms with van der Waals surface area (Å²) in [5.74, 6) is -1.14. The van der Waals surface area contributed by atoms with Crippen LogP contribution in [0.3, 0.4) is 0 Å². The molecule has 0 unspecified atom stereocenters. The average Bonchev–Trinajstić information content (AvgIpc) is 2.48. The van der Waals surface area contributed by atoms with Crippen LogP contribution in [0, 0.1) is 5.41 Å². The van der Waals surface area contributed by atoms with Crippen LogP contribution in [0.4, 0.5) is 0 Å². The van der Waals surface area contributed by atoms with Crippen LogP contribution in [-0.4, -0.2) is 47.4 Å². The van der Waals surface area contributed by atoms with E-state index in [1.165, 1.54) is 0 Å². The molecule has 0 aromatic carbocycles. The zero-order valence-corrected chi connectivity index (χ0v) is 12.4. The molecule has 1 saturated carbocycles. The Bertz CT molecular complexity index is 384. The monoisotopic (exact) mass is 299 g/mol. The zero-order chi connectivity index (χ0) is 15.3. The van der Waals surface area contributed by atoms with Gasteiger partial charge < -0.3 is 20.3 Å². The van der Waals surface area contributed by atoms with Gasteiger partial charge in [0.1, 0.15) is 0 Å². The lowest BCUT2D eigenvalue weighted by atomic mass is 9.71. The van der Waals surface area contributed by atoms with Crippen LogP contribution in [0.25, 0.3) is 0 Å². The van der Waals surface area contributed by atoms with Gasteiger partial charge in [-0.15, -0.1) is 0 Å². The number of carboxylic acid groups (broad SMARTS) is 1. The van der Waals surface area contributed by atoms with Crippen LogP contribution in [-0.2, 0) is 14.3 Å². The number of carbonyl (C=O) groups is 2. The largest absolute Gasteiger partial charge is 0.481 e. The molecule has 120 valence electrons. The van der Waals surface area contributed by atoms with Crippen molar-refractivity contribution in [2.75, 3.05) is 19.8 Å². The second kappa shape index (κ2) is 6.75. The first-order chi connectivity index (χ1) is 10.0. The van der Waals surface area contributed by atoms with Crippen molar-refractivity contribution in [2.45, 2.75) is 56.9 Å². The standard InChI is InChI=1S/C15H25NO5/c17-11-15(6-8-21-9-7-15)16-12(18)10-14(13(19)20)4-2-1-3-5-14/h17H,1-11H2,(H,16,18)(H,19,20). The van der Waals surface area contributed by atoms with Crippen molar-refractivity contribution >= 4 is 11.9 Å². The molecule has 0 aromatic heterocycles. The fraction of sp³-hybridized carbons (Fsp3) is 0.867. The molecule has 0 bridgehead atoms. The summed E-state index contributed by atoms with van der Waals surface area (Å²) in [6.07, 6.45) is 5.01. The number of aliphatic hydroxyl groups is 1. The predicted octanol–water partition coefficient (Wildman–Crippen LogP) is 1.07. The Morgan fingerprint density at radius 2 is 1.67 bits per heavy atom. The SMILES string of the molecule is O=C(CC1(C(=O)O)CCCCC1)NC1(CO)CCOCC1. The van der Waals surface area contributed by atoms with Crippen LogP contribution in [0.15, 0.2) is 0 Å². The Morgan fingerprint density at radius 1 is 1.05 bits per heavy atom. The van der Waals surface area contributed by atoms with Crippen molar-refractivity contribution in [3.8, 4) is 0 Å². The molecule has 2 rings (SSSR count). The molecule has 0 spiro atoms. The normalized spacial score (nSPS) is 24.2. The van der Waals surface area contributed by atoms with Gasteiger partial charge in [-0.1, -0.05) is 19.3 Å². The number of ether oxygens (including phenoxy) is 1. The van der Waals surface area contributed by atoms with Gasteiger partial charge in [-0.2, -0.15) is 0 Å². The molecule has 2 aliphatic rings. The Morgan fingerprint density at radius 3 is 2.19 bits per heavy atom. The maximum absolute atomic E-state index is 12.3. The third kappa shape index (κ3) is 3.74. The van der Waals surface area contributed by atoms with Crippen LogP contribution in [0.5, 0.6) is 0 Å². The number of hydrogen-bond acceptors (Lipinski definition) is 4. The Hall–Kier alpha value is -1.14. The zero-order valence-electron chi connectivity index (χ0n) is 12.4. The minimum absolute atomic E-state index is 0.00490. The molecule has 21 heavy (non-hydrogen) atoms. The quantitative estimate of drug-likeness (QED) is 0.705. The van der Waals surface area contributed by atoms with Crippen LogP contribution >= 0.6 is 0 Å². The maximum Gasteiger partial charge on any atom is 0.310 e. The number of carboxylic acids is 1. The number of rotatable bonds is 5. The Kier molecular flexibility index (Phi) is 5.22. The molecule has 6 nitrogen and oxygen atoms in total. The van der Waals surface area contributed by atoms with Gasteiger partial charge in [0.2, 0.25) is 5.91 Å². The van der Waals surface area contributed by atoms with Gasteiger partial charge in [0.15, 0.2) is 0 Å². The molecular formula is C15H25NO5. The van der Waals surface area contributed by atoms with Crippen molar-refractivity contribution < 1.29 is 24.5 Å². The van der Waals surface area contributed by atoms with Gasteiger partial charge in [0, 0.05) is 19.6 Å². The van der Waals surface area contributed by atoms with Crippen molar-refractivity contribution in [3.63, 3.8) is 0 Å². The summed E-state index contributed by atoms with van der Waals surface area (Å²) in [4.78, 5) is 23.9. The number of nitrogens with one attached hydrogen (secondary N) is 1. The molecule has 0 radical (unpaired) electrons. The van der Waals surface area contributed by atoms with E-state index in [1.54, 1.807) is 0 Å². The van der Waals surface area contributed by atoms with E-state index in [0.29, 0.717) is 38.9 Å². The lowest BCUT2D eigenvalue weighted by Gasteiger charge is -2.38. The molecule has 1 saturated heterocycles. The topological polar surface area (TPSA) is 95.9 Å². The Balaban J connectivity index is 2.00. The van der Waals surface area contributed by atoms with Gasteiger partial charge in [0.25, 0.3) is 0 Å². The van der Waals surface area contributed by atoms with Gasteiger partial charge in [-0.25, -0.2) is 0 Å². The van der Waals surface area contributed by atoms with Crippen LogP contribution in [0.1, 0.15) is 51.4 Å². The molecule has 1 amide bonds. The molecule has 0 atom stereocenters. The van der Waals surface area contributed by atoms with E-state index in [9.17, 15) is 19.8 Å². The van der Waals surface area contributed by atoms with Gasteiger partial charge in [-0.3, -0.25) is 9.59 Å². The average molecular weight is 299 g/mol. The third-order valence-electron chi connectivity index (χ3n) is 4.92. The predicted molar refractivity (Wildman–Crippen MR) is 75.8 cm³/mol. The summed E-state index contributed by atoms with van der Waals surface area (Å²) in [5, 5.41) is 22.0. The number of hydrogen-bond donors (Lipinski definition) is 3. The highest BCUT2D eigenvalue weighted by Gasteiger charge is 2.43. The van der Waals surface area contributed by atoms with Gasteiger partial charge >= 0.3 is 5.97 Å². The molecular weight excluding hydrogens is 274 g/mol. The minimum Gasteiger partial charge on any atom is -0.481 e. The van der Waals surface area contributed by atoms with Crippen molar-refractivity contribution in [2.24, 2.45) is 5.41 Å². The fourth-order valence-electron chi connectivity index (χ4n) is 3.43. The number of amides is 1. The molecule has 1 aliphatic heterocycles. The third-order valence-corrected chi connectivity index (χ3v) is 4.92. The van der Waals surface area contributed by atoms with Crippen molar-refractivity contribution in [3.05, 3.63) is 0 Å². The van der Waals surface area contributed by atoms with Gasteiger partial charge in [0.05, 0.1) is 17.6 Å². The second-order valence-corrected chi connectivity index (χ2v) is 6.42. The van der Waals surface area contributed by atoms with E-state index in [0.717, 1.165) is 19.3 Å². The van der Waals surface area contributed by atoms with E-state index >= 15 is 0 Å². The van der Waals surface area contributed by atoms with E-state index in [4.69, 9.17) is 4.74 Å². The first-order valence-electron chi connectivity index (χ1n) is 7.75. The van der Waals surface area contributed by atoms with Crippen LogP contribution in [0.2, 0.25) is 0 Å². The molecule has 6 heteroatoms. The number of aliphatic carboxylic acids is 1. The van der Waals surface area contributed by atoms with E-state index < -0.39 is 16.9 Å². The Labute approximate surface area is 124 Å². The van der Waals surface area contributed by atoms with E-state index in [2.05, 4.69) is 5.32 Å². The van der Waals surface area contributed by atoms with Crippen molar-refractivity contribution in [1.82, 2.24) is 5.32 Å². The summed E-state index contributed by atoms with van der Waals surface area (Å²) in [6, 6.07) is 0. The van der Waals surface area contributed by atoms with Crippen molar-refractivity contribution in [1.29, 1.82) is 0 Å².